The standard InChI is InChI=1S/C17H28N4O2/c1-12-8-13(2)21(19-12)7-6-15(22)18-14-9-16(23)20(10-14)11-17(3,4)5/h8,14H,6-7,9-11H2,1-5H3,(H,18,22)/t14-/m0/s1. The van der Waals surface area contributed by atoms with E-state index in [0.29, 0.717) is 25.9 Å². The van der Waals surface area contributed by atoms with Crippen molar-refractivity contribution in [1.82, 2.24) is 20.0 Å². The molecule has 0 spiro atoms. The Balaban J connectivity index is 1.80. The van der Waals surface area contributed by atoms with E-state index in [0.717, 1.165) is 17.9 Å². The molecule has 1 N–H and O–H groups in total. The number of rotatable bonds is 5. The lowest BCUT2D eigenvalue weighted by Crippen LogP contribution is -2.39. The van der Waals surface area contributed by atoms with Gasteiger partial charge in [-0.05, 0) is 25.3 Å². The second kappa shape index (κ2) is 6.72. The Bertz CT molecular complexity index is 586. The maximum Gasteiger partial charge on any atom is 0.224 e. The van der Waals surface area contributed by atoms with Crippen LogP contribution in [0.3, 0.4) is 0 Å². The molecule has 2 heterocycles. The molecule has 0 saturated carbocycles. The van der Waals surface area contributed by atoms with Crippen molar-refractivity contribution in [2.24, 2.45) is 5.41 Å². The van der Waals surface area contributed by atoms with Crippen LogP contribution in [-0.4, -0.2) is 45.6 Å². The lowest BCUT2D eigenvalue weighted by atomic mass is 9.96. The fourth-order valence-corrected chi connectivity index (χ4v) is 3.00. The number of carbonyl (C=O) groups is 2. The van der Waals surface area contributed by atoms with E-state index in [1.165, 1.54) is 0 Å². The molecule has 1 saturated heterocycles. The van der Waals surface area contributed by atoms with E-state index in [-0.39, 0.29) is 23.3 Å². The molecular weight excluding hydrogens is 292 g/mol. The maximum atomic E-state index is 12.1. The molecular formula is C17H28N4O2. The van der Waals surface area contributed by atoms with Gasteiger partial charge in [0.15, 0.2) is 0 Å². The number of hydrogen-bond acceptors (Lipinski definition) is 3. The first-order valence-corrected chi connectivity index (χ1v) is 8.22. The van der Waals surface area contributed by atoms with Crippen LogP contribution in [0.15, 0.2) is 6.07 Å². The zero-order valence-electron chi connectivity index (χ0n) is 14.8. The Morgan fingerprint density at radius 1 is 1.39 bits per heavy atom. The van der Waals surface area contributed by atoms with Crippen molar-refractivity contribution < 1.29 is 9.59 Å². The number of aryl methyl sites for hydroxylation is 3. The summed E-state index contributed by atoms with van der Waals surface area (Å²) < 4.78 is 1.85. The van der Waals surface area contributed by atoms with Crippen LogP contribution in [0.5, 0.6) is 0 Å². The summed E-state index contributed by atoms with van der Waals surface area (Å²) >= 11 is 0. The molecule has 1 aliphatic heterocycles. The van der Waals surface area contributed by atoms with Crippen LogP contribution in [0, 0.1) is 19.3 Å². The van der Waals surface area contributed by atoms with Crippen molar-refractivity contribution in [3.63, 3.8) is 0 Å². The van der Waals surface area contributed by atoms with Crippen molar-refractivity contribution in [3.8, 4) is 0 Å². The SMILES string of the molecule is Cc1cc(C)n(CCC(=O)N[C@H]2CC(=O)N(CC(C)(C)C)C2)n1. The summed E-state index contributed by atoms with van der Waals surface area (Å²) in [5.41, 5.74) is 2.09. The van der Waals surface area contributed by atoms with Crippen molar-refractivity contribution >= 4 is 11.8 Å². The van der Waals surface area contributed by atoms with Gasteiger partial charge in [-0.25, -0.2) is 0 Å². The lowest BCUT2D eigenvalue weighted by molar-refractivity contribution is -0.128. The Morgan fingerprint density at radius 2 is 2.09 bits per heavy atom. The molecule has 1 fully saturated rings. The Kier molecular flexibility index (Phi) is 5.12. The molecule has 1 aromatic rings. The average molecular weight is 320 g/mol. The molecule has 0 bridgehead atoms. The Hall–Kier alpha value is -1.85. The second-order valence-corrected chi connectivity index (χ2v) is 7.70. The number of amides is 2. The van der Waals surface area contributed by atoms with Crippen LogP contribution >= 0.6 is 0 Å². The summed E-state index contributed by atoms with van der Waals surface area (Å²) in [5, 5.41) is 7.33. The van der Waals surface area contributed by atoms with Gasteiger partial charge in [0.2, 0.25) is 11.8 Å². The van der Waals surface area contributed by atoms with E-state index in [1.54, 1.807) is 0 Å². The molecule has 6 nitrogen and oxygen atoms in total. The molecule has 23 heavy (non-hydrogen) atoms. The monoisotopic (exact) mass is 320 g/mol. The van der Waals surface area contributed by atoms with Crippen LogP contribution in [0.2, 0.25) is 0 Å². The minimum absolute atomic E-state index is 0.0204. The van der Waals surface area contributed by atoms with E-state index in [4.69, 9.17) is 0 Å². The highest BCUT2D eigenvalue weighted by Gasteiger charge is 2.32. The number of likely N-dealkylation sites (tertiary alicyclic amines) is 1. The zero-order chi connectivity index (χ0) is 17.2. The van der Waals surface area contributed by atoms with E-state index >= 15 is 0 Å². The molecule has 128 valence electrons. The van der Waals surface area contributed by atoms with Gasteiger partial charge < -0.3 is 10.2 Å². The average Bonchev–Trinajstić information content (AvgIpc) is 2.88. The number of nitrogens with one attached hydrogen (secondary N) is 1. The first-order chi connectivity index (χ1) is 10.6. The number of aromatic nitrogens is 2. The molecule has 1 aromatic heterocycles. The third kappa shape index (κ3) is 5.08. The molecule has 0 aromatic carbocycles. The van der Waals surface area contributed by atoms with Gasteiger partial charge in [-0.3, -0.25) is 14.3 Å². The quantitative estimate of drug-likeness (QED) is 0.897. The van der Waals surface area contributed by atoms with Gasteiger partial charge in [0.1, 0.15) is 0 Å². The molecule has 0 radical (unpaired) electrons. The summed E-state index contributed by atoms with van der Waals surface area (Å²) in [6.45, 7) is 12.2. The smallest absolute Gasteiger partial charge is 0.224 e. The fraction of sp³-hybridized carbons (Fsp3) is 0.706. The van der Waals surface area contributed by atoms with E-state index in [9.17, 15) is 9.59 Å². The molecule has 0 aliphatic carbocycles. The van der Waals surface area contributed by atoms with Crippen molar-refractivity contribution in [3.05, 3.63) is 17.5 Å². The molecule has 1 atom stereocenters. The number of carbonyl (C=O) groups excluding carboxylic acids is 2. The van der Waals surface area contributed by atoms with Crippen LogP contribution in [-0.2, 0) is 16.1 Å². The third-order valence-corrected chi connectivity index (χ3v) is 3.90. The predicted molar refractivity (Wildman–Crippen MR) is 88.9 cm³/mol. The molecule has 1 aliphatic rings. The van der Waals surface area contributed by atoms with E-state index in [1.807, 2.05) is 29.5 Å². The van der Waals surface area contributed by atoms with Gasteiger partial charge in [0.25, 0.3) is 0 Å². The maximum absolute atomic E-state index is 12.1. The van der Waals surface area contributed by atoms with Gasteiger partial charge in [-0.1, -0.05) is 20.8 Å². The van der Waals surface area contributed by atoms with Gasteiger partial charge in [-0.2, -0.15) is 5.10 Å². The minimum Gasteiger partial charge on any atom is -0.351 e. The van der Waals surface area contributed by atoms with Crippen molar-refractivity contribution in [2.45, 2.75) is 60.0 Å². The molecule has 0 unspecified atom stereocenters. The highest BCUT2D eigenvalue weighted by molar-refractivity contribution is 5.82. The van der Waals surface area contributed by atoms with Crippen LogP contribution < -0.4 is 5.32 Å². The van der Waals surface area contributed by atoms with Crippen LogP contribution in [0.25, 0.3) is 0 Å². The molecule has 2 amide bonds. The predicted octanol–water partition coefficient (Wildman–Crippen LogP) is 1.65. The Morgan fingerprint density at radius 3 is 2.65 bits per heavy atom. The van der Waals surface area contributed by atoms with Crippen molar-refractivity contribution in [2.75, 3.05) is 13.1 Å². The van der Waals surface area contributed by atoms with Gasteiger partial charge in [0, 0.05) is 38.2 Å². The highest BCUT2D eigenvalue weighted by atomic mass is 16.2. The van der Waals surface area contributed by atoms with E-state index < -0.39 is 0 Å². The zero-order valence-corrected chi connectivity index (χ0v) is 14.8. The second-order valence-electron chi connectivity index (χ2n) is 7.70. The normalized spacial score (nSPS) is 18.6. The molecule has 2 rings (SSSR count). The summed E-state index contributed by atoms with van der Waals surface area (Å²) in [4.78, 5) is 26.0. The van der Waals surface area contributed by atoms with Gasteiger partial charge in [0.05, 0.1) is 11.7 Å². The highest BCUT2D eigenvalue weighted by Crippen LogP contribution is 2.20. The van der Waals surface area contributed by atoms with E-state index in [2.05, 4.69) is 31.2 Å². The summed E-state index contributed by atoms with van der Waals surface area (Å²) in [6, 6.07) is 1.93. The first kappa shape index (κ1) is 17.5. The summed E-state index contributed by atoms with van der Waals surface area (Å²) in [7, 11) is 0. The van der Waals surface area contributed by atoms with Gasteiger partial charge >= 0.3 is 0 Å². The van der Waals surface area contributed by atoms with Gasteiger partial charge in [-0.15, -0.1) is 0 Å². The summed E-state index contributed by atoms with van der Waals surface area (Å²) in [5.74, 6) is 0.108. The summed E-state index contributed by atoms with van der Waals surface area (Å²) in [6.07, 6.45) is 0.785. The van der Waals surface area contributed by atoms with Crippen LogP contribution in [0.4, 0.5) is 0 Å². The Labute approximate surface area is 138 Å². The fourth-order valence-electron chi connectivity index (χ4n) is 3.00. The third-order valence-electron chi connectivity index (χ3n) is 3.90. The minimum atomic E-state index is -0.0715. The number of hydrogen-bond donors (Lipinski definition) is 1. The largest absolute Gasteiger partial charge is 0.351 e. The topological polar surface area (TPSA) is 67.2 Å². The van der Waals surface area contributed by atoms with Crippen LogP contribution in [0.1, 0.15) is 45.0 Å². The van der Waals surface area contributed by atoms with Crippen molar-refractivity contribution in [1.29, 1.82) is 0 Å². The number of nitrogens with zero attached hydrogens (tertiary/aromatic N) is 3. The molecule has 6 heteroatoms. The first-order valence-electron chi connectivity index (χ1n) is 8.22. The lowest BCUT2D eigenvalue weighted by Gasteiger charge is -2.26.